The predicted octanol–water partition coefficient (Wildman–Crippen LogP) is 7.36. The van der Waals surface area contributed by atoms with Crippen molar-refractivity contribution in [3.63, 3.8) is 0 Å². The summed E-state index contributed by atoms with van der Waals surface area (Å²) in [5.41, 5.74) is 2.63. The molecule has 5 aromatic rings. The zero-order valence-electron chi connectivity index (χ0n) is 28.7. The van der Waals surface area contributed by atoms with Crippen LogP contribution in [0.2, 0.25) is 0 Å². The highest BCUT2D eigenvalue weighted by atomic mass is 32.2. The minimum atomic E-state index is -3.53. The Labute approximate surface area is 292 Å². The highest BCUT2D eigenvalue weighted by Crippen LogP contribution is 2.41. The molecule has 0 spiro atoms. The average molecular weight is 719 g/mol. The molecule has 13 nitrogen and oxygen atoms in total. The molecule has 50 heavy (non-hydrogen) atoms. The van der Waals surface area contributed by atoms with Crippen molar-refractivity contribution in [3.8, 4) is 23.1 Å². The summed E-state index contributed by atoms with van der Waals surface area (Å²) in [7, 11) is -1.99. The van der Waals surface area contributed by atoms with E-state index in [0.717, 1.165) is 16.3 Å². The second-order valence-corrected chi connectivity index (χ2v) is 15.7. The van der Waals surface area contributed by atoms with E-state index in [0.29, 0.717) is 34.2 Å². The Morgan fingerprint density at radius 3 is 2.24 bits per heavy atom. The molecule has 0 saturated carbocycles. The molecule has 5 N–H and O–H groups in total. The van der Waals surface area contributed by atoms with E-state index in [1.165, 1.54) is 39.4 Å². The highest BCUT2D eigenvalue weighted by molar-refractivity contribution is 7.85. The molecule has 0 radical (unpaired) electrons. The van der Waals surface area contributed by atoms with E-state index in [1.54, 1.807) is 30.3 Å². The molecule has 0 bridgehead atoms. The smallest absolute Gasteiger partial charge is 0.323 e. The summed E-state index contributed by atoms with van der Waals surface area (Å²) in [4.78, 5) is 32.2. The van der Waals surface area contributed by atoms with Crippen molar-refractivity contribution in [3.05, 3.63) is 84.6 Å². The maximum absolute atomic E-state index is 13.4. The van der Waals surface area contributed by atoms with Gasteiger partial charge in [-0.25, -0.2) is 14.0 Å². The van der Waals surface area contributed by atoms with Gasteiger partial charge >= 0.3 is 6.03 Å². The van der Waals surface area contributed by atoms with Crippen LogP contribution in [0.25, 0.3) is 10.8 Å². The monoisotopic (exact) mass is 718 g/mol. The third-order valence-electron chi connectivity index (χ3n) is 7.52. The fourth-order valence-corrected chi connectivity index (χ4v) is 6.53. The van der Waals surface area contributed by atoms with Gasteiger partial charge in [-0.3, -0.25) is 4.57 Å². The van der Waals surface area contributed by atoms with E-state index in [1.807, 2.05) is 57.2 Å². The van der Waals surface area contributed by atoms with Crippen LogP contribution in [0.5, 0.6) is 23.1 Å². The average Bonchev–Trinajstić information content (AvgIpc) is 3.04. The van der Waals surface area contributed by atoms with Gasteiger partial charge in [0.25, 0.3) is 0 Å². The Morgan fingerprint density at radius 1 is 0.880 bits per heavy atom. The molecule has 0 aliphatic heterocycles. The summed E-state index contributed by atoms with van der Waals surface area (Å²) in [6, 6.07) is 20.5. The van der Waals surface area contributed by atoms with Crippen molar-refractivity contribution < 1.29 is 32.7 Å². The molecule has 1 aromatic heterocycles. The van der Waals surface area contributed by atoms with E-state index < -0.39 is 24.4 Å². The minimum Gasteiger partial charge on any atom is -0.496 e. The van der Waals surface area contributed by atoms with Gasteiger partial charge in [0.15, 0.2) is 5.75 Å². The maximum atomic E-state index is 13.4. The zero-order chi connectivity index (χ0) is 36.2. The Bertz CT molecular complexity index is 2130. The normalized spacial score (nSPS) is 13.1. The molecule has 0 saturated heterocycles. The molecule has 4 aromatic carbocycles. The Balaban J connectivity index is 1.38. The van der Waals surface area contributed by atoms with Crippen molar-refractivity contribution in [2.75, 3.05) is 47.8 Å². The number of carbonyl (C=O) groups is 1. The quantitative estimate of drug-likeness (QED) is 0.0869. The molecule has 5 rings (SSSR count). The maximum Gasteiger partial charge on any atom is 0.323 e. The number of benzene rings is 4. The second-order valence-electron chi connectivity index (χ2n) is 12.4. The van der Waals surface area contributed by atoms with Crippen LogP contribution < -0.4 is 40.2 Å². The van der Waals surface area contributed by atoms with Gasteiger partial charge < -0.3 is 39.8 Å². The van der Waals surface area contributed by atoms with Gasteiger partial charge in [-0.05, 0) is 47.4 Å². The Kier molecular flexibility index (Phi) is 10.7. The van der Waals surface area contributed by atoms with Gasteiger partial charge in [-0.1, -0.05) is 45.0 Å². The summed E-state index contributed by atoms with van der Waals surface area (Å²) in [5.74, 6) is 1.59. The van der Waals surface area contributed by atoms with Crippen LogP contribution in [0.15, 0.2) is 79.0 Å². The lowest BCUT2D eigenvalue weighted by Gasteiger charge is -2.24. The summed E-state index contributed by atoms with van der Waals surface area (Å²) in [6.45, 7) is 7.38. The standard InChI is InChI=1S/C35H39N6O7PS/c1-35(2,3)21-18-26(32(47-5)27(19-21)41-50(7)45)39-34(42)38-25-13-14-28(24-11-9-8-10-23(24)25)48-31-16-17-36-33(40-31)37-22-12-15-30(49(6,43)44)29(20-22)46-4/h8-20,41H,1-7H3,(H,43,44)(H,36,37,40)(H2,38,39,42). The van der Waals surface area contributed by atoms with Gasteiger partial charge in [-0.2, -0.15) is 4.98 Å². The summed E-state index contributed by atoms with van der Waals surface area (Å²) in [5, 5.41) is 10.5. The summed E-state index contributed by atoms with van der Waals surface area (Å²) in [6.07, 6.45) is 3.06. The molecular formula is C35H39N6O7PS. The summed E-state index contributed by atoms with van der Waals surface area (Å²) < 4.78 is 44.3. The Morgan fingerprint density at radius 2 is 1.58 bits per heavy atom. The van der Waals surface area contributed by atoms with Crippen LogP contribution in [0, 0.1) is 0 Å². The first-order valence-electron chi connectivity index (χ1n) is 15.4. The molecule has 1 heterocycles. The van der Waals surface area contributed by atoms with Crippen LogP contribution in [-0.2, 0) is 21.0 Å². The van der Waals surface area contributed by atoms with E-state index in [4.69, 9.17) is 14.2 Å². The number of fused-ring (bicyclic) bond motifs is 1. The van der Waals surface area contributed by atoms with Crippen LogP contribution >= 0.6 is 7.37 Å². The third-order valence-corrected chi connectivity index (χ3v) is 9.29. The van der Waals surface area contributed by atoms with E-state index in [9.17, 15) is 18.5 Å². The van der Waals surface area contributed by atoms with Gasteiger partial charge in [0.05, 0.1) is 36.6 Å². The van der Waals surface area contributed by atoms with E-state index in [2.05, 4.69) is 30.6 Å². The van der Waals surface area contributed by atoms with Crippen LogP contribution in [0.3, 0.4) is 0 Å². The zero-order valence-corrected chi connectivity index (χ0v) is 30.4. The number of urea groups is 1. The number of anilines is 5. The molecule has 0 fully saturated rings. The lowest BCUT2D eigenvalue weighted by molar-refractivity contribution is 0.262. The van der Waals surface area contributed by atoms with Crippen molar-refractivity contribution in [2.45, 2.75) is 26.2 Å². The summed E-state index contributed by atoms with van der Waals surface area (Å²) >= 11 is 0. The van der Waals surface area contributed by atoms with Crippen LogP contribution in [-0.4, -0.2) is 52.2 Å². The number of hydrogen-bond donors (Lipinski definition) is 5. The number of aromatic nitrogens is 2. The fourth-order valence-electron chi connectivity index (χ4n) is 5.15. The molecule has 0 aliphatic carbocycles. The number of nitrogens with zero attached hydrogens (tertiary/aromatic N) is 2. The number of ether oxygens (including phenoxy) is 3. The SMILES string of the molecule is COc1cc(Nc2nccc(Oc3ccc(NC(=O)Nc4cc(C(C)(C)C)cc(NS(C)=O)c4OC)c4ccccc34)n2)ccc1P(C)(=O)O. The topological polar surface area (TPSA) is 173 Å². The number of hydrogen-bond acceptors (Lipinski definition) is 9. The van der Waals surface area contributed by atoms with Gasteiger partial charge in [0.1, 0.15) is 22.5 Å². The fraction of sp³-hybridized carbons (Fsp3) is 0.229. The number of carbonyl (C=O) groups excluding carboxylic acids is 1. The van der Waals surface area contributed by atoms with Gasteiger partial charge in [-0.15, -0.1) is 0 Å². The van der Waals surface area contributed by atoms with E-state index in [-0.39, 0.29) is 28.3 Å². The number of nitrogens with one attached hydrogen (secondary N) is 4. The molecule has 0 aliphatic rings. The van der Waals surface area contributed by atoms with Gasteiger partial charge in [0, 0.05) is 47.7 Å². The first-order valence-corrected chi connectivity index (χ1v) is 19.0. The molecule has 2 unspecified atom stereocenters. The highest BCUT2D eigenvalue weighted by Gasteiger charge is 2.22. The molecule has 15 heteroatoms. The van der Waals surface area contributed by atoms with Crippen molar-refractivity contribution >= 4 is 69.2 Å². The number of methoxy groups -OCH3 is 2. The van der Waals surface area contributed by atoms with Crippen molar-refractivity contribution in [1.82, 2.24) is 9.97 Å². The molecule has 262 valence electrons. The second kappa shape index (κ2) is 14.8. The van der Waals surface area contributed by atoms with Crippen LogP contribution in [0.4, 0.5) is 33.5 Å². The molecule has 2 amide bonds. The van der Waals surface area contributed by atoms with Gasteiger partial charge in [0.2, 0.25) is 19.2 Å². The molecule has 2 atom stereocenters. The lowest BCUT2D eigenvalue weighted by Crippen LogP contribution is -2.21. The van der Waals surface area contributed by atoms with Crippen LogP contribution in [0.1, 0.15) is 26.3 Å². The largest absolute Gasteiger partial charge is 0.496 e. The predicted molar refractivity (Wildman–Crippen MR) is 200 cm³/mol. The Hall–Kier alpha value is -5.17. The third kappa shape index (κ3) is 8.51. The minimum absolute atomic E-state index is 0.206. The molecular weight excluding hydrogens is 679 g/mol. The van der Waals surface area contributed by atoms with Crippen molar-refractivity contribution in [2.24, 2.45) is 0 Å². The first-order chi connectivity index (χ1) is 23.7. The van der Waals surface area contributed by atoms with E-state index >= 15 is 0 Å². The lowest BCUT2D eigenvalue weighted by atomic mass is 9.86. The number of rotatable bonds is 11. The number of amides is 2. The van der Waals surface area contributed by atoms with Crippen molar-refractivity contribution in [1.29, 1.82) is 0 Å². The first kappa shape index (κ1) is 36.1.